The van der Waals surface area contributed by atoms with Gasteiger partial charge in [0.2, 0.25) is 0 Å². The number of hydrogen-bond donors (Lipinski definition) is 1. The summed E-state index contributed by atoms with van der Waals surface area (Å²) in [4.78, 5) is 6.87. The minimum absolute atomic E-state index is 0.184. The molecule has 0 bridgehead atoms. The van der Waals surface area contributed by atoms with Gasteiger partial charge in [0.25, 0.3) is 10.0 Å². The van der Waals surface area contributed by atoms with Crippen LogP contribution in [0.15, 0.2) is 11.2 Å². The molecule has 0 aromatic carbocycles. The Bertz CT molecular complexity index is 438. The van der Waals surface area contributed by atoms with Crippen molar-refractivity contribution in [3.05, 3.63) is 12.0 Å². The molecule has 17 heavy (non-hydrogen) atoms. The zero-order valence-corrected chi connectivity index (χ0v) is 12.5. The summed E-state index contributed by atoms with van der Waals surface area (Å²) in [5.41, 5.74) is 0. The van der Waals surface area contributed by atoms with Crippen LogP contribution in [0.4, 0.5) is 0 Å². The normalized spacial score (nSPS) is 12.2. The monoisotopic (exact) mass is 323 g/mol. The van der Waals surface area contributed by atoms with E-state index >= 15 is 0 Å². The van der Waals surface area contributed by atoms with Crippen molar-refractivity contribution < 1.29 is 8.42 Å². The highest BCUT2D eigenvalue weighted by molar-refractivity contribution is 9.09. The average molecular weight is 324 g/mol. The van der Waals surface area contributed by atoms with Crippen LogP contribution in [0.1, 0.15) is 26.1 Å². The third kappa shape index (κ3) is 3.53. The Morgan fingerprint density at radius 2 is 2.12 bits per heavy atom. The lowest BCUT2D eigenvalue weighted by Gasteiger charge is -2.19. The third-order valence-corrected chi connectivity index (χ3v) is 4.53. The molecule has 0 aliphatic heterocycles. The van der Waals surface area contributed by atoms with Gasteiger partial charge < -0.3 is 4.98 Å². The first-order valence-electron chi connectivity index (χ1n) is 5.66. The Morgan fingerprint density at radius 1 is 1.41 bits per heavy atom. The molecular weight excluding hydrogens is 306 g/mol. The summed E-state index contributed by atoms with van der Waals surface area (Å²) in [6.07, 6.45) is 2.88. The van der Waals surface area contributed by atoms with Gasteiger partial charge in [0.1, 0.15) is 5.82 Å². The molecule has 1 aromatic rings. The second kappa shape index (κ2) is 6.51. The smallest absolute Gasteiger partial charge is 0.260 e. The number of rotatable bonds is 7. The lowest BCUT2D eigenvalue weighted by molar-refractivity contribution is 0.428. The molecule has 7 heteroatoms. The van der Waals surface area contributed by atoms with Crippen molar-refractivity contribution in [1.82, 2.24) is 14.3 Å². The fourth-order valence-corrected chi connectivity index (χ4v) is 3.62. The van der Waals surface area contributed by atoms with E-state index in [1.807, 2.05) is 13.8 Å². The first-order valence-corrected chi connectivity index (χ1v) is 8.22. The van der Waals surface area contributed by atoms with Crippen molar-refractivity contribution in [2.24, 2.45) is 0 Å². The van der Waals surface area contributed by atoms with E-state index in [-0.39, 0.29) is 5.03 Å². The van der Waals surface area contributed by atoms with Gasteiger partial charge >= 0.3 is 0 Å². The number of sulfonamides is 1. The Hall–Kier alpha value is -0.400. The molecule has 1 rings (SSSR count). The van der Waals surface area contributed by atoms with Crippen LogP contribution in [0.25, 0.3) is 0 Å². The van der Waals surface area contributed by atoms with Crippen molar-refractivity contribution in [1.29, 1.82) is 0 Å². The largest absolute Gasteiger partial charge is 0.332 e. The molecule has 1 N–H and O–H groups in total. The number of nitrogens with one attached hydrogen (secondary N) is 1. The predicted octanol–water partition coefficient (Wildman–Crippen LogP) is 1.77. The average Bonchev–Trinajstić information content (AvgIpc) is 2.78. The molecule has 0 aliphatic rings. The van der Waals surface area contributed by atoms with Crippen molar-refractivity contribution in [2.75, 3.05) is 18.4 Å². The Balaban J connectivity index is 2.98. The molecule has 0 saturated carbocycles. The Morgan fingerprint density at radius 3 is 2.59 bits per heavy atom. The number of hydrogen-bond acceptors (Lipinski definition) is 3. The van der Waals surface area contributed by atoms with E-state index in [2.05, 4.69) is 25.9 Å². The number of nitrogens with zero attached hydrogens (tertiary/aromatic N) is 2. The van der Waals surface area contributed by atoms with Crippen molar-refractivity contribution in [3.8, 4) is 0 Å². The third-order valence-electron chi connectivity index (χ3n) is 2.36. The van der Waals surface area contributed by atoms with Gasteiger partial charge in [-0.05, 0) is 6.42 Å². The number of imidazole rings is 1. The molecule has 0 amide bonds. The number of halogens is 1. The second-order valence-corrected chi connectivity index (χ2v) is 6.34. The molecule has 0 unspecified atom stereocenters. The molecule has 0 fully saturated rings. The molecule has 0 spiro atoms. The summed E-state index contributed by atoms with van der Waals surface area (Å²) < 4.78 is 26.0. The highest BCUT2D eigenvalue weighted by Gasteiger charge is 2.25. The number of alkyl halides is 1. The van der Waals surface area contributed by atoms with Crippen LogP contribution in [-0.4, -0.2) is 41.1 Å². The lowest BCUT2D eigenvalue weighted by atomic mass is 10.5. The number of H-pyrrole nitrogens is 1. The van der Waals surface area contributed by atoms with E-state index < -0.39 is 10.0 Å². The maximum absolute atomic E-state index is 12.3. The van der Waals surface area contributed by atoms with E-state index in [9.17, 15) is 8.42 Å². The van der Waals surface area contributed by atoms with Gasteiger partial charge in [-0.25, -0.2) is 13.4 Å². The summed E-state index contributed by atoms with van der Waals surface area (Å²) in [6, 6.07) is 0. The molecule has 0 radical (unpaired) electrons. The highest BCUT2D eigenvalue weighted by Crippen LogP contribution is 2.14. The summed E-state index contributed by atoms with van der Waals surface area (Å²) >= 11 is 3.27. The maximum Gasteiger partial charge on any atom is 0.260 e. The summed E-state index contributed by atoms with van der Waals surface area (Å²) in [5, 5.41) is 0.810. The summed E-state index contributed by atoms with van der Waals surface area (Å²) in [6.45, 7) is 4.88. The highest BCUT2D eigenvalue weighted by atomic mass is 79.9. The fourth-order valence-electron chi connectivity index (χ4n) is 1.49. The Kier molecular flexibility index (Phi) is 5.61. The quantitative estimate of drug-likeness (QED) is 0.777. The molecule has 5 nitrogen and oxygen atoms in total. The van der Waals surface area contributed by atoms with Crippen molar-refractivity contribution in [3.63, 3.8) is 0 Å². The van der Waals surface area contributed by atoms with Gasteiger partial charge in [0.15, 0.2) is 5.03 Å². The van der Waals surface area contributed by atoms with E-state index in [0.29, 0.717) is 30.7 Å². The van der Waals surface area contributed by atoms with Gasteiger partial charge in [-0.15, -0.1) is 0 Å². The Labute approximate surface area is 111 Å². The predicted molar refractivity (Wildman–Crippen MR) is 70.8 cm³/mol. The van der Waals surface area contributed by atoms with E-state index in [0.717, 1.165) is 6.42 Å². The van der Waals surface area contributed by atoms with Gasteiger partial charge in [0, 0.05) is 24.8 Å². The van der Waals surface area contributed by atoms with Crippen LogP contribution >= 0.6 is 15.9 Å². The SMILES string of the molecule is CCCN(CCBr)S(=O)(=O)c1cnc(CC)[nH]1. The summed E-state index contributed by atoms with van der Waals surface area (Å²) in [5.74, 6) is 0.693. The van der Waals surface area contributed by atoms with Crippen LogP contribution in [-0.2, 0) is 16.4 Å². The number of aromatic amines is 1. The first kappa shape index (κ1) is 14.7. The van der Waals surface area contributed by atoms with E-state index in [1.165, 1.54) is 10.5 Å². The molecule has 1 heterocycles. The number of aryl methyl sites for hydroxylation is 1. The summed E-state index contributed by atoms with van der Waals surface area (Å²) in [7, 11) is -3.43. The van der Waals surface area contributed by atoms with Crippen LogP contribution in [0.3, 0.4) is 0 Å². The van der Waals surface area contributed by atoms with Gasteiger partial charge in [0.05, 0.1) is 6.20 Å². The minimum Gasteiger partial charge on any atom is -0.332 e. The second-order valence-electron chi connectivity index (χ2n) is 3.64. The zero-order chi connectivity index (χ0) is 12.9. The first-order chi connectivity index (χ1) is 8.06. The molecule has 98 valence electrons. The van der Waals surface area contributed by atoms with Crippen LogP contribution < -0.4 is 0 Å². The van der Waals surface area contributed by atoms with Gasteiger partial charge in [-0.2, -0.15) is 4.31 Å². The molecule has 1 aromatic heterocycles. The van der Waals surface area contributed by atoms with Crippen molar-refractivity contribution in [2.45, 2.75) is 31.7 Å². The van der Waals surface area contributed by atoms with Crippen LogP contribution in [0.2, 0.25) is 0 Å². The minimum atomic E-state index is -3.43. The maximum atomic E-state index is 12.3. The van der Waals surface area contributed by atoms with Crippen LogP contribution in [0, 0.1) is 0 Å². The molecular formula is C10H18BrN3O2S. The lowest BCUT2D eigenvalue weighted by Crippen LogP contribution is -2.33. The van der Waals surface area contributed by atoms with Crippen molar-refractivity contribution >= 4 is 26.0 Å². The van der Waals surface area contributed by atoms with Gasteiger partial charge in [-0.3, -0.25) is 0 Å². The zero-order valence-electron chi connectivity index (χ0n) is 10.1. The van der Waals surface area contributed by atoms with Gasteiger partial charge in [-0.1, -0.05) is 29.8 Å². The topological polar surface area (TPSA) is 66.1 Å². The van der Waals surface area contributed by atoms with E-state index in [4.69, 9.17) is 0 Å². The molecule has 0 saturated heterocycles. The molecule has 0 atom stereocenters. The standard InChI is InChI=1S/C10H18BrN3O2S/c1-3-6-14(7-5-11)17(15,16)10-8-12-9(4-2)13-10/h8H,3-7H2,1-2H3,(H,12,13). The molecule has 0 aliphatic carbocycles. The van der Waals surface area contributed by atoms with E-state index in [1.54, 1.807) is 0 Å². The fraction of sp³-hybridized carbons (Fsp3) is 0.700. The van der Waals surface area contributed by atoms with Crippen LogP contribution in [0.5, 0.6) is 0 Å². The number of aromatic nitrogens is 2.